The van der Waals surface area contributed by atoms with E-state index in [1.54, 1.807) is 13.3 Å². The van der Waals surface area contributed by atoms with Gasteiger partial charge in [0.1, 0.15) is 5.75 Å². The number of H-pyrrole nitrogens is 1. The van der Waals surface area contributed by atoms with Gasteiger partial charge in [0.2, 0.25) is 0 Å². The molecule has 0 aliphatic heterocycles. The number of pyridine rings is 2. The molecule has 0 atom stereocenters. The first-order valence-electron chi connectivity index (χ1n) is 8.09. The van der Waals surface area contributed by atoms with Crippen LogP contribution in [-0.4, -0.2) is 17.1 Å². The van der Waals surface area contributed by atoms with Crippen LogP contribution < -0.4 is 10.3 Å². The largest absolute Gasteiger partial charge is 0.496 e. The smallest absolute Gasteiger partial charge is 0.256 e. The highest BCUT2D eigenvalue weighted by atomic mass is 79.9. The minimum absolute atomic E-state index is 0.115. The van der Waals surface area contributed by atoms with E-state index in [9.17, 15) is 4.79 Å². The van der Waals surface area contributed by atoms with Crippen molar-refractivity contribution >= 4 is 26.8 Å². The zero-order chi connectivity index (χ0) is 18.4. The average molecular weight is 401 g/mol. The lowest BCUT2D eigenvalue weighted by molar-refractivity contribution is 0.402. The van der Waals surface area contributed by atoms with Crippen LogP contribution in [0.25, 0.3) is 22.0 Å². The Morgan fingerprint density at radius 1 is 1.16 bits per heavy atom. The monoisotopic (exact) mass is 400 g/mol. The maximum Gasteiger partial charge on any atom is 0.256 e. The van der Waals surface area contributed by atoms with Crippen molar-refractivity contribution in [2.45, 2.75) is 33.1 Å². The third-order valence-corrected chi connectivity index (χ3v) is 4.68. The highest BCUT2D eigenvalue weighted by Crippen LogP contribution is 2.41. The second-order valence-electron chi connectivity index (χ2n) is 7.19. The topological polar surface area (TPSA) is 55.0 Å². The third-order valence-electron chi connectivity index (χ3n) is 4.25. The van der Waals surface area contributed by atoms with Crippen molar-refractivity contribution < 1.29 is 4.74 Å². The molecule has 4 nitrogen and oxygen atoms in total. The van der Waals surface area contributed by atoms with Crippen molar-refractivity contribution in [2.75, 3.05) is 7.11 Å². The van der Waals surface area contributed by atoms with Crippen LogP contribution in [0.5, 0.6) is 5.75 Å². The predicted molar refractivity (Wildman–Crippen MR) is 105 cm³/mol. The summed E-state index contributed by atoms with van der Waals surface area (Å²) in [5.74, 6) is 0.795. The van der Waals surface area contributed by atoms with Crippen LogP contribution in [0.15, 0.2) is 39.7 Å². The lowest BCUT2D eigenvalue weighted by Crippen LogP contribution is -2.15. The number of halogens is 1. The van der Waals surface area contributed by atoms with Gasteiger partial charge in [-0.25, -0.2) is 0 Å². The predicted octanol–water partition coefficient (Wildman–Crippen LogP) is 4.97. The minimum Gasteiger partial charge on any atom is -0.496 e. The van der Waals surface area contributed by atoms with Gasteiger partial charge in [-0.1, -0.05) is 20.8 Å². The standard InChI is InChI=1S/C20H21BrN2O2/c1-11-6-7-13(19(24)23-11)14-9-16(20(2,3)4)18(25-5)15-8-12(21)10-22-17(14)15/h6-10H,1-5H3,(H,23,24). The van der Waals surface area contributed by atoms with E-state index >= 15 is 0 Å². The molecule has 1 aromatic carbocycles. The quantitative estimate of drug-likeness (QED) is 0.660. The summed E-state index contributed by atoms with van der Waals surface area (Å²) in [6.45, 7) is 8.26. The van der Waals surface area contributed by atoms with E-state index in [1.165, 1.54) is 0 Å². The summed E-state index contributed by atoms with van der Waals surface area (Å²) in [6, 6.07) is 7.78. The number of ether oxygens (including phenoxy) is 1. The van der Waals surface area contributed by atoms with Crippen molar-refractivity contribution in [3.63, 3.8) is 0 Å². The first kappa shape index (κ1) is 17.7. The SMILES string of the molecule is COc1c(C(C)(C)C)cc(-c2ccc(C)[nH]c2=O)c2ncc(Br)cc12. The normalized spacial score (nSPS) is 11.8. The molecule has 0 saturated heterocycles. The van der Waals surface area contributed by atoms with Gasteiger partial charge in [0.15, 0.2) is 0 Å². The van der Waals surface area contributed by atoms with E-state index in [0.29, 0.717) is 5.56 Å². The van der Waals surface area contributed by atoms with Crippen molar-refractivity contribution in [1.82, 2.24) is 9.97 Å². The molecule has 2 aromatic heterocycles. The van der Waals surface area contributed by atoms with Crippen molar-refractivity contribution in [2.24, 2.45) is 0 Å². The molecule has 25 heavy (non-hydrogen) atoms. The molecule has 0 bridgehead atoms. The Hall–Kier alpha value is -2.14. The Morgan fingerprint density at radius 2 is 1.88 bits per heavy atom. The molecule has 0 aliphatic rings. The van der Waals surface area contributed by atoms with Gasteiger partial charge in [-0.15, -0.1) is 0 Å². The third kappa shape index (κ3) is 3.21. The Labute approximate surface area is 155 Å². The molecule has 0 unspecified atom stereocenters. The molecule has 5 heteroatoms. The number of benzene rings is 1. The number of aromatic nitrogens is 2. The zero-order valence-electron chi connectivity index (χ0n) is 15.0. The van der Waals surface area contributed by atoms with Gasteiger partial charge >= 0.3 is 0 Å². The number of hydrogen-bond acceptors (Lipinski definition) is 3. The van der Waals surface area contributed by atoms with Gasteiger partial charge in [0.05, 0.1) is 12.6 Å². The van der Waals surface area contributed by atoms with Crippen molar-refractivity contribution in [3.8, 4) is 16.9 Å². The van der Waals surface area contributed by atoms with E-state index in [0.717, 1.165) is 37.9 Å². The highest BCUT2D eigenvalue weighted by Gasteiger charge is 2.24. The Bertz CT molecular complexity index is 1020. The maximum atomic E-state index is 12.5. The highest BCUT2D eigenvalue weighted by molar-refractivity contribution is 9.10. The molecule has 0 radical (unpaired) electrons. The van der Waals surface area contributed by atoms with Crippen LogP contribution >= 0.6 is 15.9 Å². The maximum absolute atomic E-state index is 12.5. The van der Waals surface area contributed by atoms with Gasteiger partial charge in [-0.2, -0.15) is 0 Å². The van der Waals surface area contributed by atoms with Crippen LogP contribution in [0.4, 0.5) is 0 Å². The van der Waals surface area contributed by atoms with Gasteiger partial charge in [-0.05, 0) is 52.5 Å². The summed E-state index contributed by atoms with van der Waals surface area (Å²) < 4.78 is 6.60. The Morgan fingerprint density at radius 3 is 2.48 bits per heavy atom. The molecule has 0 fully saturated rings. The van der Waals surface area contributed by atoms with Crippen LogP contribution in [0.3, 0.4) is 0 Å². The molecule has 2 heterocycles. The van der Waals surface area contributed by atoms with Crippen LogP contribution in [0, 0.1) is 6.92 Å². The number of rotatable bonds is 2. The van der Waals surface area contributed by atoms with E-state index < -0.39 is 0 Å². The fourth-order valence-electron chi connectivity index (χ4n) is 3.02. The summed E-state index contributed by atoms with van der Waals surface area (Å²) in [5.41, 5.74) is 3.79. The van der Waals surface area contributed by atoms with E-state index in [-0.39, 0.29) is 11.0 Å². The Kier molecular flexibility index (Phi) is 4.45. The molecule has 0 aliphatic carbocycles. The summed E-state index contributed by atoms with van der Waals surface area (Å²) in [4.78, 5) is 20.0. The number of nitrogens with zero attached hydrogens (tertiary/aromatic N) is 1. The lowest BCUT2D eigenvalue weighted by Gasteiger charge is -2.24. The van der Waals surface area contributed by atoms with Crippen molar-refractivity contribution in [1.29, 1.82) is 0 Å². The molecule has 3 rings (SSSR count). The fraction of sp³-hybridized carbons (Fsp3) is 0.300. The molecule has 0 amide bonds. The van der Waals surface area contributed by atoms with Gasteiger partial charge in [0, 0.05) is 38.4 Å². The van der Waals surface area contributed by atoms with Crippen LogP contribution in [0.1, 0.15) is 32.0 Å². The number of aromatic amines is 1. The number of methoxy groups -OCH3 is 1. The molecule has 1 N–H and O–H groups in total. The summed E-state index contributed by atoms with van der Waals surface area (Å²) >= 11 is 3.49. The van der Waals surface area contributed by atoms with E-state index in [2.05, 4.69) is 46.7 Å². The number of aryl methyl sites for hydroxylation is 1. The first-order valence-corrected chi connectivity index (χ1v) is 8.88. The fourth-order valence-corrected chi connectivity index (χ4v) is 3.35. The summed E-state index contributed by atoms with van der Waals surface area (Å²) in [6.07, 6.45) is 1.74. The van der Waals surface area contributed by atoms with Crippen LogP contribution in [0.2, 0.25) is 0 Å². The molecular formula is C20H21BrN2O2. The first-order chi connectivity index (χ1) is 11.7. The Balaban J connectivity index is 2.49. The molecule has 130 valence electrons. The van der Waals surface area contributed by atoms with Crippen molar-refractivity contribution in [3.05, 3.63) is 56.5 Å². The lowest BCUT2D eigenvalue weighted by atomic mass is 9.83. The van der Waals surface area contributed by atoms with Crippen LogP contribution in [-0.2, 0) is 5.41 Å². The second kappa shape index (κ2) is 6.30. The van der Waals surface area contributed by atoms with Gasteiger partial charge in [-0.3, -0.25) is 9.78 Å². The summed E-state index contributed by atoms with van der Waals surface area (Å²) in [7, 11) is 1.67. The zero-order valence-corrected chi connectivity index (χ0v) is 16.6. The molecule has 0 saturated carbocycles. The van der Waals surface area contributed by atoms with Gasteiger partial charge < -0.3 is 9.72 Å². The molecular weight excluding hydrogens is 380 g/mol. The second-order valence-corrected chi connectivity index (χ2v) is 8.10. The van der Waals surface area contributed by atoms with E-state index in [1.807, 2.05) is 31.2 Å². The molecule has 0 spiro atoms. The number of nitrogens with one attached hydrogen (secondary N) is 1. The summed E-state index contributed by atoms with van der Waals surface area (Å²) in [5, 5.41) is 0.888. The minimum atomic E-state index is -0.145. The number of hydrogen-bond donors (Lipinski definition) is 1. The van der Waals surface area contributed by atoms with E-state index in [4.69, 9.17) is 4.74 Å². The average Bonchev–Trinajstić information content (AvgIpc) is 2.52. The van der Waals surface area contributed by atoms with Gasteiger partial charge in [0.25, 0.3) is 5.56 Å². The molecule has 3 aromatic rings. The number of fused-ring (bicyclic) bond motifs is 1.